The van der Waals surface area contributed by atoms with Crippen molar-refractivity contribution in [2.75, 3.05) is 23.4 Å². The van der Waals surface area contributed by atoms with Crippen LogP contribution in [0.4, 0.5) is 11.7 Å². The summed E-state index contributed by atoms with van der Waals surface area (Å²) in [4.78, 5) is 26.4. The number of nitrogens with one attached hydrogen (secondary N) is 1. The number of hydrogen-bond donors (Lipinski definition) is 1. The average Bonchev–Trinajstić information content (AvgIpc) is 3.37. The Morgan fingerprint density at radius 1 is 1.17 bits per heavy atom. The zero-order valence-electron chi connectivity index (χ0n) is 16.6. The van der Waals surface area contributed by atoms with Gasteiger partial charge in [-0.05, 0) is 36.8 Å². The number of aromatic nitrogens is 2. The van der Waals surface area contributed by atoms with Gasteiger partial charge >= 0.3 is 6.01 Å². The largest absolute Gasteiger partial charge is 0.494 e. The molecule has 2 aromatic carbocycles. The molecule has 154 valence electrons. The van der Waals surface area contributed by atoms with Crippen LogP contribution in [0.5, 0.6) is 5.75 Å². The summed E-state index contributed by atoms with van der Waals surface area (Å²) in [7, 11) is 0. The monoisotopic (exact) mass is 406 g/mol. The molecule has 8 nitrogen and oxygen atoms in total. The standard InChI is InChI=1S/C22H22N4O4/c1-2-29-18-10-8-15(9-11-18)12-19(27)23-22-25-24-21(30-22)16-13-20(28)26(14-16)17-6-4-3-5-7-17/h3-11,16H,2,12-14H2,1H3,(H,23,25,27). The van der Waals surface area contributed by atoms with Gasteiger partial charge < -0.3 is 14.1 Å². The molecule has 0 bridgehead atoms. The van der Waals surface area contributed by atoms with Crippen LogP contribution in [0.15, 0.2) is 59.0 Å². The van der Waals surface area contributed by atoms with Crippen molar-refractivity contribution in [3.8, 4) is 5.75 Å². The van der Waals surface area contributed by atoms with Gasteiger partial charge in [0.15, 0.2) is 0 Å². The minimum atomic E-state index is -0.261. The van der Waals surface area contributed by atoms with Gasteiger partial charge in [0, 0.05) is 18.7 Å². The topological polar surface area (TPSA) is 97.6 Å². The Morgan fingerprint density at radius 3 is 2.67 bits per heavy atom. The Labute approximate surface area is 173 Å². The van der Waals surface area contributed by atoms with Crippen LogP contribution >= 0.6 is 0 Å². The van der Waals surface area contributed by atoms with Crippen LogP contribution in [0.2, 0.25) is 0 Å². The first-order valence-electron chi connectivity index (χ1n) is 9.82. The van der Waals surface area contributed by atoms with Crippen LogP contribution in [0.1, 0.15) is 30.7 Å². The van der Waals surface area contributed by atoms with E-state index in [9.17, 15) is 9.59 Å². The summed E-state index contributed by atoms with van der Waals surface area (Å²) in [5.74, 6) is 0.646. The first kappa shape index (κ1) is 19.6. The number of carbonyl (C=O) groups is 2. The summed E-state index contributed by atoms with van der Waals surface area (Å²) in [5, 5.41) is 10.6. The van der Waals surface area contributed by atoms with E-state index in [0.717, 1.165) is 17.0 Å². The van der Waals surface area contributed by atoms with Gasteiger partial charge in [-0.3, -0.25) is 14.9 Å². The highest BCUT2D eigenvalue weighted by Crippen LogP contribution is 2.31. The molecule has 1 aromatic heterocycles. The van der Waals surface area contributed by atoms with Crippen LogP contribution in [-0.2, 0) is 16.0 Å². The Hall–Kier alpha value is -3.68. The predicted octanol–water partition coefficient (Wildman–Crippen LogP) is 3.17. The molecule has 2 amide bonds. The van der Waals surface area contributed by atoms with Crippen molar-refractivity contribution in [3.05, 3.63) is 66.1 Å². The van der Waals surface area contributed by atoms with Crippen LogP contribution in [0.25, 0.3) is 0 Å². The van der Waals surface area contributed by atoms with Crippen molar-refractivity contribution in [1.82, 2.24) is 10.2 Å². The number of hydrogen-bond acceptors (Lipinski definition) is 6. The lowest BCUT2D eigenvalue weighted by Gasteiger charge is -2.15. The molecule has 0 spiro atoms. The highest BCUT2D eigenvalue weighted by Gasteiger charge is 2.35. The Bertz CT molecular complexity index is 1020. The number of ether oxygens (including phenoxy) is 1. The molecule has 1 aliphatic rings. The number of carbonyl (C=O) groups excluding carboxylic acids is 2. The Morgan fingerprint density at radius 2 is 1.93 bits per heavy atom. The van der Waals surface area contributed by atoms with E-state index in [1.54, 1.807) is 4.90 Å². The molecule has 2 heterocycles. The summed E-state index contributed by atoms with van der Waals surface area (Å²) < 4.78 is 11.0. The van der Waals surface area contributed by atoms with E-state index in [-0.39, 0.29) is 36.6 Å². The third kappa shape index (κ3) is 4.48. The number of anilines is 2. The van der Waals surface area contributed by atoms with Gasteiger partial charge in [-0.25, -0.2) is 0 Å². The maximum atomic E-state index is 12.4. The molecule has 0 radical (unpaired) electrons. The SMILES string of the molecule is CCOc1ccc(CC(=O)Nc2nnc(C3CC(=O)N(c4ccccc4)C3)o2)cc1. The first-order chi connectivity index (χ1) is 14.6. The lowest BCUT2D eigenvalue weighted by Crippen LogP contribution is -2.24. The second-order valence-corrected chi connectivity index (χ2v) is 6.99. The fraction of sp³-hybridized carbons (Fsp3) is 0.273. The third-order valence-electron chi connectivity index (χ3n) is 4.83. The minimum Gasteiger partial charge on any atom is -0.494 e. The van der Waals surface area contributed by atoms with Gasteiger partial charge in [-0.2, -0.15) is 0 Å². The second-order valence-electron chi connectivity index (χ2n) is 6.99. The summed E-state index contributed by atoms with van der Waals surface area (Å²) in [5.41, 5.74) is 1.68. The maximum Gasteiger partial charge on any atom is 0.322 e. The van der Waals surface area contributed by atoms with E-state index in [2.05, 4.69) is 15.5 Å². The molecular weight excluding hydrogens is 384 g/mol. The normalized spacial score (nSPS) is 16.0. The van der Waals surface area contributed by atoms with Crippen molar-refractivity contribution in [3.63, 3.8) is 0 Å². The number of amides is 2. The predicted molar refractivity (Wildman–Crippen MR) is 110 cm³/mol. The van der Waals surface area contributed by atoms with Gasteiger partial charge in [-0.15, -0.1) is 5.10 Å². The Kier molecular flexibility index (Phi) is 5.74. The molecule has 1 fully saturated rings. The van der Waals surface area contributed by atoms with Crippen molar-refractivity contribution in [1.29, 1.82) is 0 Å². The molecule has 3 aromatic rings. The molecule has 1 unspecified atom stereocenters. The highest BCUT2D eigenvalue weighted by molar-refractivity contribution is 5.96. The van der Waals surface area contributed by atoms with Crippen LogP contribution in [-0.4, -0.2) is 35.2 Å². The molecule has 1 atom stereocenters. The van der Waals surface area contributed by atoms with Gasteiger partial charge in [-0.1, -0.05) is 35.4 Å². The molecule has 0 saturated carbocycles. The smallest absolute Gasteiger partial charge is 0.322 e. The van der Waals surface area contributed by atoms with Crippen molar-refractivity contribution >= 4 is 23.5 Å². The van der Waals surface area contributed by atoms with Crippen LogP contribution < -0.4 is 15.0 Å². The average molecular weight is 406 g/mol. The molecule has 1 N–H and O–H groups in total. The summed E-state index contributed by atoms with van der Waals surface area (Å²) in [6, 6.07) is 16.8. The van der Waals surface area contributed by atoms with Gasteiger partial charge in [0.25, 0.3) is 0 Å². The van der Waals surface area contributed by atoms with E-state index >= 15 is 0 Å². The summed E-state index contributed by atoms with van der Waals surface area (Å²) >= 11 is 0. The maximum absolute atomic E-state index is 12.4. The number of nitrogens with zero attached hydrogens (tertiary/aromatic N) is 3. The molecular formula is C22H22N4O4. The van der Waals surface area contributed by atoms with Crippen molar-refractivity contribution in [2.45, 2.75) is 25.7 Å². The van der Waals surface area contributed by atoms with E-state index in [1.165, 1.54) is 0 Å². The molecule has 8 heteroatoms. The van der Waals surface area contributed by atoms with E-state index in [0.29, 0.717) is 19.0 Å². The number of benzene rings is 2. The highest BCUT2D eigenvalue weighted by atomic mass is 16.5. The summed E-state index contributed by atoms with van der Waals surface area (Å²) in [6.07, 6.45) is 0.463. The van der Waals surface area contributed by atoms with Crippen LogP contribution in [0.3, 0.4) is 0 Å². The fourth-order valence-corrected chi connectivity index (χ4v) is 3.40. The fourth-order valence-electron chi connectivity index (χ4n) is 3.40. The van der Waals surface area contributed by atoms with E-state index in [4.69, 9.17) is 9.15 Å². The van der Waals surface area contributed by atoms with Gasteiger partial charge in [0.2, 0.25) is 17.7 Å². The lowest BCUT2D eigenvalue weighted by molar-refractivity contribution is -0.117. The summed E-state index contributed by atoms with van der Waals surface area (Å²) in [6.45, 7) is 2.97. The second kappa shape index (κ2) is 8.77. The number of rotatable bonds is 7. The van der Waals surface area contributed by atoms with Crippen LogP contribution in [0, 0.1) is 0 Å². The molecule has 1 saturated heterocycles. The third-order valence-corrected chi connectivity index (χ3v) is 4.83. The zero-order chi connectivity index (χ0) is 20.9. The van der Waals surface area contributed by atoms with E-state index < -0.39 is 0 Å². The van der Waals surface area contributed by atoms with Crippen molar-refractivity contribution < 1.29 is 18.7 Å². The minimum absolute atomic E-state index is 0.00508. The zero-order valence-corrected chi connectivity index (χ0v) is 16.6. The molecule has 1 aliphatic heterocycles. The van der Waals surface area contributed by atoms with Gasteiger partial charge in [0.1, 0.15) is 5.75 Å². The van der Waals surface area contributed by atoms with Crippen molar-refractivity contribution in [2.24, 2.45) is 0 Å². The quantitative estimate of drug-likeness (QED) is 0.647. The first-order valence-corrected chi connectivity index (χ1v) is 9.82. The Balaban J connectivity index is 1.35. The molecule has 30 heavy (non-hydrogen) atoms. The number of para-hydroxylation sites is 1. The van der Waals surface area contributed by atoms with E-state index in [1.807, 2.05) is 61.5 Å². The lowest BCUT2D eigenvalue weighted by atomic mass is 10.1. The molecule has 0 aliphatic carbocycles. The molecule has 4 rings (SSSR count). The van der Waals surface area contributed by atoms with Gasteiger partial charge in [0.05, 0.1) is 18.9 Å².